The number of benzene rings is 1. The Balaban J connectivity index is 2.30. The molecule has 5 nitrogen and oxygen atoms in total. The SMILES string of the molecule is Cc1cc2c(cc1C)C(C(=O)N(CC(=O)O)C(C)C)CO2. The zero-order valence-corrected chi connectivity index (χ0v) is 12.8. The zero-order valence-electron chi connectivity index (χ0n) is 12.8. The number of carboxylic acids is 1. The minimum atomic E-state index is -1.00. The molecule has 114 valence electrons. The fourth-order valence-corrected chi connectivity index (χ4v) is 2.54. The molecule has 1 aromatic rings. The number of hydrogen-bond acceptors (Lipinski definition) is 3. The average molecular weight is 291 g/mol. The topological polar surface area (TPSA) is 66.8 Å². The lowest BCUT2D eigenvalue weighted by atomic mass is 9.95. The van der Waals surface area contributed by atoms with E-state index in [1.165, 1.54) is 4.90 Å². The number of carbonyl (C=O) groups excluding carboxylic acids is 1. The second-order valence-corrected chi connectivity index (χ2v) is 5.79. The van der Waals surface area contributed by atoms with Gasteiger partial charge in [0.1, 0.15) is 24.8 Å². The number of fused-ring (bicyclic) bond motifs is 1. The van der Waals surface area contributed by atoms with Gasteiger partial charge in [-0.15, -0.1) is 0 Å². The van der Waals surface area contributed by atoms with Crippen LogP contribution in [0.4, 0.5) is 0 Å². The predicted octanol–water partition coefficient (Wildman–Crippen LogP) is 2.10. The number of carbonyl (C=O) groups is 2. The van der Waals surface area contributed by atoms with Gasteiger partial charge in [-0.1, -0.05) is 6.07 Å². The maximum atomic E-state index is 12.7. The average Bonchev–Trinajstić information content (AvgIpc) is 2.78. The molecule has 2 rings (SSSR count). The van der Waals surface area contributed by atoms with E-state index in [2.05, 4.69) is 0 Å². The lowest BCUT2D eigenvalue weighted by Gasteiger charge is -2.27. The summed E-state index contributed by atoms with van der Waals surface area (Å²) in [6, 6.07) is 3.75. The van der Waals surface area contributed by atoms with Crippen LogP contribution in [0.1, 0.15) is 36.5 Å². The summed E-state index contributed by atoms with van der Waals surface area (Å²) in [5.41, 5.74) is 3.08. The first-order valence-corrected chi connectivity index (χ1v) is 7.07. The van der Waals surface area contributed by atoms with Crippen LogP contribution in [0.25, 0.3) is 0 Å². The Morgan fingerprint density at radius 3 is 2.52 bits per heavy atom. The van der Waals surface area contributed by atoms with Gasteiger partial charge in [-0.25, -0.2) is 0 Å². The van der Waals surface area contributed by atoms with E-state index in [1.807, 2.05) is 39.8 Å². The first kappa shape index (κ1) is 15.4. The summed E-state index contributed by atoms with van der Waals surface area (Å²) in [4.78, 5) is 25.0. The van der Waals surface area contributed by atoms with Gasteiger partial charge in [-0.2, -0.15) is 0 Å². The molecule has 0 bridgehead atoms. The first-order chi connectivity index (χ1) is 9.81. The van der Waals surface area contributed by atoms with Crippen molar-refractivity contribution in [2.75, 3.05) is 13.2 Å². The first-order valence-electron chi connectivity index (χ1n) is 7.07. The smallest absolute Gasteiger partial charge is 0.323 e. The molecule has 0 aromatic heterocycles. The quantitative estimate of drug-likeness (QED) is 0.922. The fraction of sp³-hybridized carbons (Fsp3) is 0.500. The van der Waals surface area contributed by atoms with E-state index < -0.39 is 11.9 Å². The highest BCUT2D eigenvalue weighted by atomic mass is 16.5. The van der Waals surface area contributed by atoms with Gasteiger partial charge in [0.15, 0.2) is 0 Å². The van der Waals surface area contributed by atoms with Crippen molar-refractivity contribution in [1.29, 1.82) is 0 Å². The van der Waals surface area contributed by atoms with Crippen LogP contribution in [-0.4, -0.2) is 41.1 Å². The van der Waals surface area contributed by atoms with Gasteiger partial charge in [0.25, 0.3) is 0 Å². The molecule has 1 N–H and O–H groups in total. The third kappa shape index (κ3) is 3.01. The largest absolute Gasteiger partial charge is 0.492 e. The van der Waals surface area contributed by atoms with E-state index in [9.17, 15) is 9.59 Å². The van der Waals surface area contributed by atoms with Crippen molar-refractivity contribution in [3.05, 3.63) is 28.8 Å². The van der Waals surface area contributed by atoms with Crippen LogP contribution < -0.4 is 4.74 Å². The zero-order chi connectivity index (χ0) is 15.7. The molecule has 0 saturated heterocycles. The number of nitrogens with zero attached hydrogens (tertiary/aromatic N) is 1. The molecule has 1 amide bonds. The molecule has 21 heavy (non-hydrogen) atoms. The standard InChI is InChI=1S/C16H21NO4/c1-9(2)17(7-15(18)19)16(20)13-8-21-14-6-11(4)10(3)5-12(13)14/h5-6,9,13H,7-8H2,1-4H3,(H,18,19). The Morgan fingerprint density at radius 1 is 1.33 bits per heavy atom. The summed E-state index contributed by atoms with van der Waals surface area (Å²) in [5.74, 6) is -0.873. The molecular weight excluding hydrogens is 270 g/mol. The van der Waals surface area contributed by atoms with Crippen LogP contribution in [0, 0.1) is 13.8 Å². The van der Waals surface area contributed by atoms with Crippen molar-refractivity contribution in [1.82, 2.24) is 4.90 Å². The molecule has 1 aromatic carbocycles. The highest BCUT2D eigenvalue weighted by Crippen LogP contribution is 2.37. The molecule has 1 atom stereocenters. The van der Waals surface area contributed by atoms with Gasteiger partial charge in [0.2, 0.25) is 5.91 Å². The van der Waals surface area contributed by atoms with Crippen LogP contribution in [-0.2, 0) is 9.59 Å². The molecule has 1 aliphatic rings. The maximum Gasteiger partial charge on any atom is 0.323 e. The van der Waals surface area contributed by atoms with E-state index in [4.69, 9.17) is 9.84 Å². The monoisotopic (exact) mass is 291 g/mol. The summed E-state index contributed by atoms with van der Waals surface area (Å²) < 4.78 is 5.61. The van der Waals surface area contributed by atoms with Gasteiger partial charge < -0.3 is 14.7 Å². The van der Waals surface area contributed by atoms with Crippen LogP contribution >= 0.6 is 0 Å². The fourth-order valence-electron chi connectivity index (χ4n) is 2.54. The summed E-state index contributed by atoms with van der Waals surface area (Å²) >= 11 is 0. The Bertz CT molecular complexity index is 580. The number of amides is 1. The van der Waals surface area contributed by atoms with Gasteiger partial charge >= 0.3 is 5.97 Å². The van der Waals surface area contributed by atoms with E-state index in [0.717, 1.165) is 22.4 Å². The highest BCUT2D eigenvalue weighted by molar-refractivity contribution is 5.88. The number of rotatable bonds is 4. The van der Waals surface area contributed by atoms with Crippen molar-refractivity contribution in [3.8, 4) is 5.75 Å². The van der Waals surface area contributed by atoms with Gasteiger partial charge in [0, 0.05) is 11.6 Å². The number of aryl methyl sites for hydroxylation is 2. The third-order valence-electron chi connectivity index (χ3n) is 3.92. The molecule has 0 radical (unpaired) electrons. The van der Waals surface area contributed by atoms with Gasteiger partial charge in [0.05, 0.1) is 0 Å². The minimum Gasteiger partial charge on any atom is -0.492 e. The molecule has 5 heteroatoms. The van der Waals surface area contributed by atoms with Crippen molar-refractivity contribution >= 4 is 11.9 Å². The Kier molecular flexibility index (Phi) is 4.21. The van der Waals surface area contributed by atoms with Crippen molar-refractivity contribution < 1.29 is 19.4 Å². The van der Waals surface area contributed by atoms with Crippen LogP contribution in [0.15, 0.2) is 12.1 Å². The molecule has 1 heterocycles. The minimum absolute atomic E-state index is 0.163. The van der Waals surface area contributed by atoms with E-state index >= 15 is 0 Å². The Hall–Kier alpha value is -2.04. The number of ether oxygens (including phenoxy) is 1. The van der Waals surface area contributed by atoms with Gasteiger partial charge in [-0.3, -0.25) is 9.59 Å². The molecule has 0 fully saturated rings. The van der Waals surface area contributed by atoms with E-state index in [1.54, 1.807) is 0 Å². The van der Waals surface area contributed by atoms with Crippen LogP contribution in [0.3, 0.4) is 0 Å². The predicted molar refractivity (Wildman–Crippen MR) is 78.6 cm³/mol. The molecular formula is C16H21NO4. The van der Waals surface area contributed by atoms with Crippen LogP contribution in [0.2, 0.25) is 0 Å². The Morgan fingerprint density at radius 2 is 1.95 bits per heavy atom. The summed E-state index contributed by atoms with van der Waals surface area (Å²) in [6.45, 7) is 7.62. The van der Waals surface area contributed by atoms with E-state index in [0.29, 0.717) is 0 Å². The summed E-state index contributed by atoms with van der Waals surface area (Å²) in [7, 11) is 0. The normalized spacial score (nSPS) is 16.5. The maximum absolute atomic E-state index is 12.7. The van der Waals surface area contributed by atoms with E-state index in [-0.39, 0.29) is 25.1 Å². The Labute approximate surface area is 124 Å². The lowest BCUT2D eigenvalue weighted by Crippen LogP contribution is -2.43. The summed E-state index contributed by atoms with van der Waals surface area (Å²) in [6.07, 6.45) is 0. The van der Waals surface area contributed by atoms with Crippen molar-refractivity contribution in [2.24, 2.45) is 0 Å². The number of carboxylic acid groups (broad SMARTS) is 1. The summed E-state index contributed by atoms with van der Waals surface area (Å²) in [5, 5.41) is 8.98. The second-order valence-electron chi connectivity index (χ2n) is 5.79. The highest BCUT2D eigenvalue weighted by Gasteiger charge is 2.35. The molecule has 0 saturated carbocycles. The van der Waals surface area contributed by atoms with Crippen LogP contribution in [0.5, 0.6) is 5.75 Å². The number of hydrogen-bond donors (Lipinski definition) is 1. The molecule has 1 unspecified atom stereocenters. The van der Waals surface area contributed by atoms with Gasteiger partial charge in [-0.05, 0) is 44.9 Å². The van der Waals surface area contributed by atoms with Crippen molar-refractivity contribution in [2.45, 2.75) is 39.7 Å². The molecule has 0 spiro atoms. The number of aliphatic carboxylic acids is 1. The molecule has 1 aliphatic heterocycles. The second kappa shape index (κ2) is 5.76. The third-order valence-corrected chi connectivity index (χ3v) is 3.92. The molecule has 0 aliphatic carbocycles. The lowest BCUT2D eigenvalue weighted by molar-refractivity contribution is -0.146. The van der Waals surface area contributed by atoms with Crippen molar-refractivity contribution in [3.63, 3.8) is 0 Å².